The smallest absolute Gasteiger partial charge is 0.127 e. The molecule has 0 heterocycles. The molecule has 0 aromatic heterocycles. The second-order valence-electron chi connectivity index (χ2n) is 4.38. The molecule has 0 saturated heterocycles. The average Bonchev–Trinajstić information content (AvgIpc) is 2.93. The number of rotatable bonds is 2. The van der Waals surface area contributed by atoms with Crippen molar-refractivity contribution in [1.29, 1.82) is 0 Å². The number of hydrogen-bond donors (Lipinski definition) is 0. The van der Waals surface area contributed by atoms with Crippen molar-refractivity contribution >= 4 is 0 Å². The van der Waals surface area contributed by atoms with E-state index in [1.807, 2.05) is 162 Å². The number of ether oxygens (including phenoxy) is 1. The summed E-state index contributed by atoms with van der Waals surface area (Å²) in [5, 5.41) is 0. The summed E-state index contributed by atoms with van der Waals surface area (Å²) in [4.78, 5) is 0. The minimum absolute atomic E-state index is 0. The van der Waals surface area contributed by atoms with Gasteiger partial charge in [-0.15, -0.1) is 0 Å². The van der Waals surface area contributed by atoms with Crippen LogP contribution in [0.2, 0.25) is 0 Å². The lowest BCUT2D eigenvalue weighted by molar-refractivity contribution is 0.482. The highest BCUT2D eigenvalue weighted by molar-refractivity contribution is 5.30. The molecule has 0 spiro atoms. The van der Waals surface area contributed by atoms with Crippen LogP contribution < -0.4 is 4.74 Å². The second kappa shape index (κ2) is 57.9. The van der Waals surface area contributed by atoms with Crippen LogP contribution in [0.3, 0.4) is 0 Å². The third kappa shape index (κ3) is 42.1. The standard InChI is InChI=1S/C12H10O.C7H8.6C2H6.3CH4/c1-3-7-11(8-4-1)13-12-9-5-2-6-10-12;1-7-5-3-2-4-6-7;6*1-2;;;/h1-10H;2-6H,1H3;6*1-2H3;3*1H4. The Morgan fingerprint density at radius 3 is 0.714 bits per heavy atom. The molecular formula is C34H66O. The number of para-hydroxylation sites is 2. The fraction of sp³-hybridized carbons (Fsp3) is 0.471. The van der Waals surface area contributed by atoms with Crippen molar-refractivity contribution in [3.63, 3.8) is 0 Å². The van der Waals surface area contributed by atoms with E-state index in [2.05, 4.69) is 19.1 Å². The molecule has 0 saturated carbocycles. The maximum absolute atomic E-state index is 5.58. The second-order valence-corrected chi connectivity index (χ2v) is 4.38. The SMILES string of the molecule is C.C.C.CC.CC.CC.CC.CC.CC.Cc1ccccc1.c1ccc(Oc2ccccc2)cc1. The van der Waals surface area contributed by atoms with Gasteiger partial charge in [0, 0.05) is 0 Å². The molecule has 0 aliphatic carbocycles. The van der Waals surface area contributed by atoms with E-state index < -0.39 is 0 Å². The van der Waals surface area contributed by atoms with Crippen molar-refractivity contribution in [3.8, 4) is 11.5 Å². The summed E-state index contributed by atoms with van der Waals surface area (Å²) in [6.07, 6.45) is 0. The van der Waals surface area contributed by atoms with Crippen LogP contribution in [0.1, 0.15) is 111 Å². The maximum Gasteiger partial charge on any atom is 0.127 e. The molecule has 0 N–H and O–H groups in total. The monoisotopic (exact) mass is 491 g/mol. The van der Waals surface area contributed by atoms with E-state index in [1.165, 1.54) is 5.56 Å². The van der Waals surface area contributed by atoms with Crippen LogP contribution in [0.25, 0.3) is 0 Å². The first-order valence-corrected chi connectivity index (χ1v) is 12.6. The number of hydrogen-bond acceptors (Lipinski definition) is 1. The van der Waals surface area contributed by atoms with Crippen molar-refractivity contribution in [1.82, 2.24) is 0 Å². The molecule has 3 aromatic carbocycles. The molecule has 1 nitrogen and oxygen atoms in total. The molecule has 0 amide bonds. The van der Waals surface area contributed by atoms with Gasteiger partial charge in [-0.1, -0.05) is 178 Å². The van der Waals surface area contributed by atoms with Crippen LogP contribution in [-0.2, 0) is 0 Å². The highest BCUT2D eigenvalue weighted by Gasteiger charge is 1.92. The fourth-order valence-electron chi connectivity index (χ4n) is 1.65. The number of aryl methyl sites for hydroxylation is 1. The summed E-state index contributed by atoms with van der Waals surface area (Å²) < 4.78 is 5.58. The van der Waals surface area contributed by atoms with Crippen LogP contribution in [-0.4, -0.2) is 0 Å². The van der Waals surface area contributed by atoms with Gasteiger partial charge in [-0.25, -0.2) is 0 Å². The van der Waals surface area contributed by atoms with Gasteiger partial charge in [0.05, 0.1) is 0 Å². The fourth-order valence-corrected chi connectivity index (χ4v) is 1.65. The molecule has 0 fully saturated rings. The van der Waals surface area contributed by atoms with Crippen molar-refractivity contribution < 1.29 is 4.74 Å². The van der Waals surface area contributed by atoms with Crippen molar-refractivity contribution in [3.05, 3.63) is 96.6 Å². The third-order valence-electron chi connectivity index (χ3n) is 2.66. The quantitative estimate of drug-likeness (QED) is 0.347. The molecule has 208 valence electrons. The molecule has 0 aliphatic heterocycles. The van der Waals surface area contributed by atoms with E-state index in [0.717, 1.165) is 11.5 Å². The van der Waals surface area contributed by atoms with Crippen molar-refractivity contribution in [2.24, 2.45) is 0 Å². The van der Waals surface area contributed by atoms with Gasteiger partial charge in [0.2, 0.25) is 0 Å². The summed E-state index contributed by atoms with van der Waals surface area (Å²) in [7, 11) is 0. The average molecular weight is 491 g/mol. The zero-order valence-corrected chi connectivity index (χ0v) is 23.6. The van der Waals surface area contributed by atoms with Crippen LogP contribution in [0.4, 0.5) is 0 Å². The lowest BCUT2D eigenvalue weighted by Gasteiger charge is -2.03. The maximum atomic E-state index is 5.58. The predicted molar refractivity (Wildman–Crippen MR) is 172 cm³/mol. The van der Waals surface area contributed by atoms with Crippen LogP contribution in [0, 0.1) is 6.92 Å². The van der Waals surface area contributed by atoms with E-state index in [0.29, 0.717) is 0 Å². The van der Waals surface area contributed by atoms with E-state index in [-0.39, 0.29) is 22.3 Å². The van der Waals surface area contributed by atoms with Gasteiger partial charge in [-0.2, -0.15) is 0 Å². The van der Waals surface area contributed by atoms with Gasteiger partial charge >= 0.3 is 0 Å². The molecule has 35 heavy (non-hydrogen) atoms. The zero-order chi connectivity index (χ0) is 26.0. The summed E-state index contributed by atoms with van der Waals surface area (Å²) >= 11 is 0. The highest BCUT2D eigenvalue weighted by atomic mass is 16.5. The van der Waals surface area contributed by atoms with Crippen LogP contribution in [0.15, 0.2) is 91.0 Å². The van der Waals surface area contributed by atoms with Crippen molar-refractivity contribution in [2.75, 3.05) is 0 Å². The first-order valence-electron chi connectivity index (χ1n) is 12.6. The molecule has 3 aromatic rings. The molecule has 3 rings (SSSR count). The first kappa shape index (κ1) is 53.7. The Labute approximate surface area is 225 Å². The Morgan fingerprint density at radius 2 is 0.543 bits per heavy atom. The summed E-state index contributed by atoms with van der Waals surface area (Å²) in [6, 6.07) is 29.8. The Balaban J connectivity index is -0.0000000481. The molecular weight excluding hydrogens is 424 g/mol. The lowest BCUT2D eigenvalue weighted by Crippen LogP contribution is -1.81. The molecule has 1 heteroatoms. The summed E-state index contributed by atoms with van der Waals surface area (Å²) in [6.45, 7) is 26.1. The lowest BCUT2D eigenvalue weighted by atomic mass is 10.2. The highest BCUT2D eigenvalue weighted by Crippen LogP contribution is 2.19. The minimum Gasteiger partial charge on any atom is -0.457 e. The first-order chi connectivity index (χ1) is 15.8. The summed E-state index contributed by atoms with van der Waals surface area (Å²) in [5.74, 6) is 1.74. The zero-order valence-electron chi connectivity index (χ0n) is 23.6. The molecule has 0 atom stereocenters. The van der Waals surface area contributed by atoms with E-state index in [1.54, 1.807) is 0 Å². The molecule has 0 bridgehead atoms. The van der Waals surface area contributed by atoms with E-state index >= 15 is 0 Å². The minimum atomic E-state index is 0. The van der Waals surface area contributed by atoms with Crippen LogP contribution in [0.5, 0.6) is 11.5 Å². The topological polar surface area (TPSA) is 9.23 Å². The van der Waals surface area contributed by atoms with Gasteiger partial charge < -0.3 is 4.74 Å². The van der Waals surface area contributed by atoms with Gasteiger partial charge in [0.25, 0.3) is 0 Å². The van der Waals surface area contributed by atoms with E-state index in [4.69, 9.17) is 4.74 Å². The predicted octanol–water partition coefficient (Wildman–Crippen LogP) is 13.5. The van der Waals surface area contributed by atoms with Gasteiger partial charge in [-0.3, -0.25) is 0 Å². The number of benzene rings is 3. The Hall–Kier alpha value is -2.54. The van der Waals surface area contributed by atoms with Crippen molar-refractivity contribution in [2.45, 2.75) is 112 Å². The Bertz CT molecular complexity index is 552. The third-order valence-corrected chi connectivity index (χ3v) is 2.66. The van der Waals surface area contributed by atoms with Crippen LogP contribution >= 0.6 is 0 Å². The molecule has 0 aliphatic rings. The summed E-state index contributed by atoms with van der Waals surface area (Å²) in [5.41, 5.74) is 1.32. The van der Waals surface area contributed by atoms with Gasteiger partial charge in [0.1, 0.15) is 11.5 Å². The molecule has 0 unspecified atom stereocenters. The van der Waals surface area contributed by atoms with Gasteiger partial charge in [-0.05, 0) is 31.2 Å². The Kier molecular flexibility index (Phi) is 88.8. The van der Waals surface area contributed by atoms with E-state index in [9.17, 15) is 0 Å². The van der Waals surface area contributed by atoms with Gasteiger partial charge in [0.15, 0.2) is 0 Å². The largest absolute Gasteiger partial charge is 0.457 e. The molecule has 0 radical (unpaired) electrons. The Morgan fingerprint density at radius 1 is 0.343 bits per heavy atom. The normalized spacial score (nSPS) is 6.31.